The molecule has 0 radical (unpaired) electrons. The third-order valence-corrected chi connectivity index (χ3v) is 4.47. The molecule has 3 heterocycles. The molecule has 0 spiro atoms. The average Bonchev–Trinajstić information content (AvgIpc) is 3.30. The van der Waals surface area contributed by atoms with E-state index < -0.39 is 6.10 Å². The van der Waals surface area contributed by atoms with Crippen molar-refractivity contribution in [1.82, 2.24) is 24.3 Å². The van der Waals surface area contributed by atoms with Gasteiger partial charge in [0.05, 0.1) is 28.8 Å². The van der Waals surface area contributed by atoms with Gasteiger partial charge in [-0.05, 0) is 50.2 Å². The molecule has 0 bridgehead atoms. The van der Waals surface area contributed by atoms with Gasteiger partial charge in [-0.15, -0.1) is 0 Å². The number of aryl methyl sites for hydroxylation is 1. The van der Waals surface area contributed by atoms with E-state index in [-0.39, 0.29) is 5.69 Å². The number of hydrogen-bond donors (Lipinski definition) is 1. The zero-order valence-electron chi connectivity index (χ0n) is 15.2. The van der Waals surface area contributed by atoms with Crippen LogP contribution in [0.15, 0.2) is 42.7 Å². The molecule has 8 nitrogen and oxygen atoms in total. The monoisotopic (exact) mass is 369 g/mol. The third-order valence-electron chi connectivity index (χ3n) is 4.47. The van der Waals surface area contributed by atoms with Crippen LogP contribution in [0.4, 0.5) is 0 Å². The lowest BCUT2D eigenvalue weighted by Gasteiger charge is -2.14. The first kappa shape index (κ1) is 17.4. The van der Waals surface area contributed by atoms with Crippen LogP contribution in [0.5, 0.6) is 0 Å². The standard InChI is InChI=1S/C20H15N7O/c1-12-7-15(10-22)25-27(12)20-16(13(2)28)4-6-19(24-20)26-11-23-17-8-14(9-21)3-5-18(17)26/h3-8,11,13,28H,1-2H3. The molecule has 136 valence electrons. The fourth-order valence-electron chi connectivity index (χ4n) is 3.09. The van der Waals surface area contributed by atoms with E-state index in [4.69, 9.17) is 15.5 Å². The second kappa shape index (κ2) is 6.62. The average molecular weight is 369 g/mol. The molecule has 1 N–H and O–H groups in total. The Hall–Kier alpha value is -4.01. The normalized spacial score (nSPS) is 11.9. The molecular weight excluding hydrogens is 354 g/mol. The number of aliphatic hydroxyl groups excluding tert-OH is 1. The van der Waals surface area contributed by atoms with Gasteiger partial charge in [-0.25, -0.2) is 14.6 Å². The van der Waals surface area contributed by atoms with E-state index in [2.05, 4.69) is 16.2 Å². The number of aliphatic hydroxyl groups is 1. The summed E-state index contributed by atoms with van der Waals surface area (Å²) in [4.78, 5) is 9.05. The van der Waals surface area contributed by atoms with Crippen LogP contribution in [-0.4, -0.2) is 29.4 Å². The van der Waals surface area contributed by atoms with Crippen LogP contribution < -0.4 is 0 Å². The molecule has 1 atom stereocenters. The van der Waals surface area contributed by atoms with Gasteiger partial charge >= 0.3 is 0 Å². The highest BCUT2D eigenvalue weighted by atomic mass is 16.3. The van der Waals surface area contributed by atoms with Gasteiger partial charge in [0.2, 0.25) is 0 Å². The van der Waals surface area contributed by atoms with Gasteiger partial charge in [0.1, 0.15) is 18.2 Å². The summed E-state index contributed by atoms with van der Waals surface area (Å²) in [7, 11) is 0. The van der Waals surface area contributed by atoms with Crippen molar-refractivity contribution in [3.63, 3.8) is 0 Å². The predicted octanol–water partition coefficient (Wildman–Crippen LogP) is 2.71. The second-order valence-electron chi connectivity index (χ2n) is 6.38. The zero-order valence-corrected chi connectivity index (χ0v) is 15.2. The minimum atomic E-state index is -0.761. The molecule has 0 aliphatic carbocycles. The number of aromatic nitrogens is 5. The highest BCUT2D eigenvalue weighted by Crippen LogP contribution is 2.25. The SMILES string of the molecule is Cc1cc(C#N)nn1-c1nc(-n2cnc3cc(C#N)ccc32)ccc1C(C)O. The van der Waals surface area contributed by atoms with Crippen molar-refractivity contribution in [2.75, 3.05) is 0 Å². The summed E-state index contributed by atoms with van der Waals surface area (Å²) in [5.74, 6) is 1.03. The molecular formula is C20H15N7O. The number of imidazole rings is 1. The van der Waals surface area contributed by atoms with Crippen molar-refractivity contribution in [2.24, 2.45) is 0 Å². The molecule has 8 heteroatoms. The number of nitrogens with zero attached hydrogens (tertiary/aromatic N) is 7. The van der Waals surface area contributed by atoms with E-state index in [1.807, 2.05) is 19.1 Å². The van der Waals surface area contributed by atoms with E-state index in [0.717, 1.165) is 11.2 Å². The van der Waals surface area contributed by atoms with Crippen LogP contribution >= 0.6 is 0 Å². The Balaban J connectivity index is 1.92. The van der Waals surface area contributed by atoms with Crippen molar-refractivity contribution >= 4 is 11.0 Å². The van der Waals surface area contributed by atoms with Crippen LogP contribution in [0, 0.1) is 29.6 Å². The smallest absolute Gasteiger partial charge is 0.163 e. The van der Waals surface area contributed by atoms with Gasteiger partial charge in [0.25, 0.3) is 0 Å². The number of fused-ring (bicyclic) bond motifs is 1. The predicted molar refractivity (Wildman–Crippen MR) is 101 cm³/mol. The molecule has 0 fully saturated rings. The van der Waals surface area contributed by atoms with Crippen LogP contribution in [0.1, 0.15) is 35.5 Å². The molecule has 1 unspecified atom stereocenters. The number of hydrogen-bond acceptors (Lipinski definition) is 6. The molecule has 0 saturated heterocycles. The quantitative estimate of drug-likeness (QED) is 0.593. The first-order chi connectivity index (χ1) is 13.5. The van der Waals surface area contributed by atoms with Crippen LogP contribution in [-0.2, 0) is 0 Å². The largest absolute Gasteiger partial charge is 0.389 e. The van der Waals surface area contributed by atoms with Gasteiger partial charge in [-0.2, -0.15) is 15.6 Å². The Morgan fingerprint density at radius 3 is 2.61 bits per heavy atom. The van der Waals surface area contributed by atoms with E-state index in [1.54, 1.807) is 52.8 Å². The Kier molecular flexibility index (Phi) is 4.11. The van der Waals surface area contributed by atoms with E-state index in [1.165, 1.54) is 0 Å². The van der Waals surface area contributed by atoms with Crippen molar-refractivity contribution in [3.05, 3.63) is 65.2 Å². The third kappa shape index (κ3) is 2.78. The molecule has 0 amide bonds. The van der Waals surface area contributed by atoms with Gasteiger partial charge in [-0.1, -0.05) is 0 Å². The number of nitriles is 2. The van der Waals surface area contributed by atoms with Crippen molar-refractivity contribution in [3.8, 4) is 23.8 Å². The molecule has 1 aromatic carbocycles. The molecule has 3 aromatic heterocycles. The summed E-state index contributed by atoms with van der Waals surface area (Å²) in [6.07, 6.45) is 0.875. The fraction of sp³-hybridized carbons (Fsp3) is 0.150. The van der Waals surface area contributed by atoms with Crippen molar-refractivity contribution in [2.45, 2.75) is 20.0 Å². The number of rotatable bonds is 3. The minimum Gasteiger partial charge on any atom is -0.389 e. The highest BCUT2D eigenvalue weighted by molar-refractivity contribution is 5.78. The summed E-state index contributed by atoms with van der Waals surface area (Å²) in [6.45, 7) is 3.48. The minimum absolute atomic E-state index is 0.276. The summed E-state index contributed by atoms with van der Waals surface area (Å²) in [5.41, 5.74) is 3.62. The van der Waals surface area contributed by atoms with Gasteiger partial charge in [0, 0.05) is 11.3 Å². The highest BCUT2D eigenvalue weighted by Gasteiger charge is 2.17. The fourth-order valence-corrected chi connectivity index (χ4v) is 3.09. The second-order valence-corrected chi connectivity index (χ2v) is 6.38. The Bertz CT molecular complexity index is 1280. The molecule has 4 aromatic rings. The maximum atomic E-state index is 10.2. The van der Waals surface area contributed by atoms with Crippen LogP contribution in [0.25, 0.3) is 22.7 Å². The summed E-state index contributed by atoms with van der Waals surface area (Å²) in [6, 6.07) is 14.6. The van der Waals surface area contributed by atoms with Gasteiger partial charge < -0.3 is 5.11 Å². The van der Waals surface area contributed by atoms with E-state index in [9.17, 15) is 5.11 Å². The molecule has 0 aliphatic rings. The topological polar surface area (TPSA) is 116 Å². The van der Waals surface area contributed by atoms with Gasteiger partial charge in [-0.3, -0.25) is 4.57 Å². The van der Waals surface area contributed by atoms with Gasteiger partial charge in [0.15, 0.2) is 11.5 Å². The lowest BCUT2D eigenvalue weighted by molar-refractivity contribution is 0.198. The van der Waals surface area contributed by atoms with Crippen molar-refractivity contribution in [1.29, 1.82) is 10.5 Å². The maximum absolute atomic E-state index is 10.2. The molecule has 4 rings (SSSR count). The molecule has 0 saturated carbocycles. The maximum Gasteiger partial charge on any atom is 0.163 e. The van der Waals surface area contributed by atoms with Crippen LogP contribution in [0.3, 0.4) is 0 Å². The lowest BCUT2D eigenvalue weighted by atomic mass is 10.1. The summed E-state index contributed by atoms with van der Waals surface area (Å²) in [5, 5.41) is 32.6. The Labute approximate surface area is 160 Å². The Morgan fingerprint density at radius 1 is 1.11 bits per heavy atom. The van der Waals surface area contributed by atoms with E-state index in [0.29, 0.717) is 28.3 Å². The van der Waals surface area contributed by atoms with Crippen LogP contribution in [0.2, 0.25) is 0 Å². The Morgan fingerprint density at radius 2 is 1.93 bits per heavy atom. The van der Waals surface area contributed by atoms with Crippen molar-refractivity contribution < 1.29 is 5.11 Å². The number of benzene rings is 1. The number of pyridine rings is 1. The summed E-state index contributed by atoms with van der Waals surface area (Å²) < 4.78 is 3.35. The molecule has 0 aliphatic heterocycles. The molecule has 28 heavy (non-hydrogen) atoms. The van der Waals surface area contributed by atoms with E-state index >= 15 is 0 Å². The lowest BCUT2D eigenvalue weighted by Crippen LogP contribution is -2.10. The zero-order chi connectivity index (χ0) is 19.8. The summed E-state index contributed by atoms with van der Waals surface area (Å²) >= 11 is 0. The first-order valence-electron chi connectivity index (χ1n) is 8.55. The first-order valence-corrected chi connectivity index (χ1v) is 8.55.